The molecule has 2 rings (SSSR count). The minimum atomic E-state index is -4.04. The Morgan fingerprint density at radius 3 is 2.30 bits per heavy atom. The molecule has 0 aliphatic heterocycles. The molecular formula is C17H20FNO3S. The van der Waals surface area contributed by atoms with E-state index in [0.29, 0.717) is 5.75 Å². The summed E-state index contributed by atoms with van der Waals surface area (Å²) >= 11 is 0. The summed E-state index contributed by atoms with van der Waals surface area (Å²) in [5.74, 6) is -0.427. The molecule has 2 aromatic carbocycles. The first kappa shape index (κ1) is 17.3. The van der Waals surface area contributed by atoms with Gasteiger partial charge >= 0.3 is 0 Å². The first-order valence-corrected chi connectivity index (χ1v) is 8.59. The van der Waals surface area contributed by atoms with Crippen molar-refractivity contribution in [1.82, 2.24) is 0 Å². The maximum Gasteiger partial charge on any atom is 0.264 e. The van der Waals surface area contributed by atoms with E-state index in [4.69, 9.17) is 4.74 Å². The van der Waals surface area contributed by atoms with E-state index in [0.717, 1.165) is 11.6 Å². The molecule has 0 amide bonds. The van der Waals surface area contributed by atoms with Crippen LogP contribution in [0.15, 0.2) is 47.4 Å². The normalized spacial score (nSPS) is 12.0. The van der Waals surface area contributed by atoms with Gasteiger partial charge in [0.15, 0.2) is 0 Å². The lowest BCUT2D eigenvalue weighted by Gasteiger charge is -2.21. The SMILES string of the molecule is COc1ccc(C(C)(C)C)cc1NS(=O)(=O)c1ccccc1F. The third kappa shape index (κ3) is 3.82. The van der Waals surface area contributed by atoms with Gasteiger partial charge < -0.3 is 4.74 Å². The van der Waals surface area contributed by atoms with Gasteiger partial charge in [-0.2, -0.15) is 0 Å². The average Bonchev–Trinajstić information content (AvgIpc) is 2.46. The van der Waals surface area contributed by atoms with Crippen molar-refractivity contribution in [3.8, 4) is 5.75 Å². The molecule has 0 fully saturated rings. The molecular weight excluding hydrogens is 317 g/mol. The van der Waals surface area contributed by atoms with Gasteiger partial charge in [0.05, 0.1) is 12.8 Å². The number of rotatable bonds is 4. The Hall–Kier alpha value is -2.08. The van der Waals surface area contributed by atoms with Crippen LogP contribution < -0.4 is 9.46 Å². The summed E-state index contributed by atoms with van der Waals surface area (Å²) in [4.78, 5) is -0.400. The summed E-state index contributed by atoms with van der Waals surface area (Å²) in [7, 11) is -2.59. The number of hydrogen-bond acceptors (Lipinski definition) is 3. The largest absolute Gasteiger partial charge is 0.495 e. The summed E-state index contributed by atoms with van der Waals surface area (Å²) < 4.78 is 46.3. The number of sulfonamides is 1. The summed E-state index contributed by atoms with van der Waals surface area (Å²) in [5.41, 5.74) is 1.05. The van der Waals surface area contributed by atoms with Gasteiger partial charge in [0.2, 0.25) is 0 Å². The Bertz CT molecular complexity index is 811. The molecule has 0 atom stereocenters. The molecule has 23 heavy (non-hydrogen) atoms. The number of methoxy groups -OCH3 is 1. The maximum atomic E-state index is 13.8. The molecule has 0 unspecified atom stereocenters. The highest BCUT2D eigenvalue weighted by Crippen LogP contribution is 2.33. The molecule has 0 bridgehead atoms. The fourth-order valence-electron chi connectivity index (χ4n) is 2.12. The van der Waals surface area contributed by atoms with E-state index in [2.05, 4.69) is 4.72 Å². The molecule has 0 saturated carbocycles. The summed E-state index contributed by atoms with van der Waals surface area (Å²) in [6, 6.07) is 10.5. The second-order valence-corrected chi connectivity index (χ2v) is 7.85. The van der Waals surface area contributed by atoms with Crippen LogP contribution in [0, 0.1) is 5.82 Å². The van der Waals surface area contributed by atoms with Crippen molar-refractivity contribution in [1.29, 1.82) is 0 Å². The number of halogens is 1. The fraction of sp³-hybridized carbons (Fsp3) is 0.294. The van der Waals surface area contributed by atoms with Crippen LogP contribution in [-0.2, 0) is 15.4 Å². The van der Waals surface area contributed by atoms with E-state index >= 15 is 0 Å². The molecule has 124 valence electrons. The van der Waals surface area contributed by atoms with E-state index in [-0.39, 0.29) is 11.1 Å². The molecule has 1 N–H and O–H groups in total. The van der Waals surface area contributed by atoms with E-state index in [1.54, 1.807) is 12.1 Å². The van der Waals surface area contributed by atoms with Gasteiger partial charge in [0.1, 0.15) is 16.5 Å². The van der Waals surface area contributed by atoms with Crippen LogP contribution in [0.1, 0.15) is 26.3 Å². The van der Waals surface area contributed by atoms with Crippen molar-refractivity contribution in [3.05, 3.63) is 53.8 Å². The lowest BCUT2D eigenvalue weighted by molar-refractivity contribution is 0.416. The van der Waals surface area contributed by atoms with Crippen molar-refractivity contribution >= 4 is 15.7 Å². The molecule has 0 aliphatic carbocycles. The van der Waals surface area contributed by atoms with Crippen molar-refractivity contribution in [3.63, 3.8) is 0 Å². The van der Waals surface area contributed by atoms with Crippen molar-refractivity contribution in [2.24, 2.45) is 0 Å². The summed E-state index contributed by atoms with van der Waals surface area (Å²) in [5, 5.41) is 0. The van der Waals surface area contributed by atoms with Crippen LogP contribution in [0.2, 0.25) is 0 Å². The average molecular weight is 337 g/mol. The van der Waals surface area contributed by atoms with Crippen LogP contribution in [-0.4, -0.2) is 15.5 Å². The third-order valence-electron chi connectivity index (χ3n) is 3.44. The van der Waals surface area contributed by atoms with Crippen molar-refractivity contribution in [2.45, 2.75) is 31.1 Å². The standard InChI is InChI=1S/C17H20FNO3S/c1-17(2,3)12-9-10-15(22-4)14(11-12)19-23(20,21)16-8-6-5-7-13(16)18/h5-11,19H,1-4H3. The second kappa shape index (κ2) is 6.20. The fourth-order valence-corrected chi connectivity index (χ4v) is 3.26. The van der Waals surface area contributed by atoms with Gasteiger partial charge in [-0.1, -0.05) is 39.0 Å². The highest BCUT2D eigenvalue weighted by Gasteiger charge is 2.22. The van der Waals surface area contributed by atoms with Crippen LogP contribution in [0.4, 0.5) is 10.1 Å². The van der Waals surface area contributed by atoms with Gasteiger partial charge in [-0.25, -0.2) is 12.8 Å². The lowest BCUT2D eigenvalue weighted by atomic mass is 9.87. The highest BCUT2D eigenvalue weighted by molar-refractivity contribution is 7.92. The van der Waals surface area contributed by atoms with E-state index in [9.17, 15) is 12.8 Å². The number of nitrogens with one attached hydrogen (secondary N) is 1. The third-order valence-corrected chi connectivity index (χ3v) is 4.83. The zero-order chi connectivity index (χ0) is 17.3. The van der Waals surface area contributed by atoms with Gasteiger partial charge in [-0.15, -0.1) is 0 Å². The molecule has 4 nitrogen and oxygen atoms in total. The minimum Gasteiger partial charge on any atom is -0.495 e. The summed E-state index contributed by atoms with van der Waals surface area (Å²) in [6.07, 6.45) is 0. The number of ether oxygens (including phenoxy) is 1. The Labute approximate surface area is 136 Å². The second-order valence-electron chi connectivity index (χ2n) is 6.20. The molecule has 0 aromatic heterocycles. The van der Waals surface area contributed by atoms with Crippen LogP contribution >= 0.6 is 0 Å². The molecule has 0 saturated heterocycles. The lowest BCUT2D eigenvalue weighted by Crippen LogP contribution is -2.17. The molecule has 0 radical (unpaired) electrons. The quantitative estimate of drug-likeness (QED) is 0.919. The Morgan fingerprint density at radius 2 is 1.74 bits per heavy atom. The smallest absolute Gasteiger partial charge is 0.264 e. The van der Waals surface area contributed by atoms with Gasteiger partial charge in [-0.05, 0) is 35.2 Å². The van der Waals surface area contributed by atoms with Crippen LogP contribution in [0.3, 0.4) is 0 Å². The molecule has 2 aromatic rings. The maximum absolute atomic E-state index is 13.8. The predicted octanol–water partition coefficient (Wildman–Crippen LogP) is 3.93. The van der Waals surface area contributed by atoms with E-state index in [1.807, 2.05) is 26.8 Å². The number of benzene rings is 2. The monoisotopic (exact) mass is 337 g/mol. The van der Waals surface area contributed by atoms with Gasteiger partial charge in [0, 0.05) is 0 Å². The Balaban J connectivity index is 2.48. The van der Waals surface area contributed by atoms with E-state index < -0.39 is 20.7 Å². The molecule has 0 heterocycles. The van der Waals surface area contributed by atoms with Gasteiger partial charge in [0.25, 0.3) is 10.0 Å². The first-order chi connectivity index (χ1) is 10.6. The Morgan fingerprint density at radius 1 is 1.09 bits per heavy atom. The molecule has 6 heteroatoms. The summed E-state index contributed by atoms with van der Waals surface area (Å²) in [6.45, 7) is 6.05. The zero-order valence-corrected chi connectivity index (χ0v) is 14.4. The zero-order valence-electron chi connectivity index (χ0n) is 13.6. The first-order valence-electron chi connectivity index (χ1n) is 7.11. The predicted molar refractivity (Wildman–Crippen MR) is 88.9 cm³/mol. The van der Waals surface area contributed by atoms with Crippen LogP contribution in [0.5, 0.6) is 5.75 Å². The highest BCUT2D eigenvalue weighted by atomic mass is 32.2. The minimum absolute atomic E-state index is 0.162. The van der Waals surface area contributed by atoms with Crippen molar-refractivity contribution in [2.75, 3.05) is 11.8 Å². The number of anilines is 1. The van der Waals surface area contributed by atoms with E-state index in [1.165, 1.54) is 25.3 Å². The van der Waals surface area contributed by atoms with Crippen molar-refractivity contribution < 1.29 is 17.5 Å². The Kier molecular flexibility index (Phi) is 4.66. The van der Waals surface area contributed by atoms with Crippen LogP contribution in [0.25, 0.3) is 0 Å². The molecule has 0 aliphatic rings. The topological polar surface area (TPSA) is 55.4 Å². The molecule has 0 spiro atoms. The number of hydrogen-bond donors (Lipinski definition) is 1. The van der Waals surface area contributed by atoms with Gasteiger partial charge in [-0.3, -0.25) is 4.72 Å².